The third kappa shape index (κ3) is 4.97. The third-order valence-electron chi connectivity index (χ3n) is 2.25. The number of nitrogens with zero attached hydrogens (tertiary/aromatic N) is 2. The fourth-order valence-corrected chi connectivity index (χ4v) is 1.22. The standard InChI is InChI=1S/C8H8N2O.C3H7NO2.C2H6.H2/c1-10-7-5-3-2-4-6(7)9-8(10)11;1-4(3-5)6-2;1-2;/h2-5H,1H3,(H,9,11);3H,1-2H3;1-2H3;1H. The van der Waals surface area contributed by atoms with Crippen molar-refractivity contribution in [1.82, 2.24) is 14.6 Å². The summed E-state index contributed by atoms with van der Waals surface area (Å²) in [5, 5.41) is 1.07. The summed E-state index contributed by atoms with van der Waals surface area (Å²) in [6.45, 7) is 4.00. The molecule has 0 saturated heterocycles. The van der Waals surface area contributed by atoms with E-state index in [1.54, 1.807) is 11.6 Å². The number of carbonyl (C=O) groups is 1. The van der Waals surface area contributed by atoms with Gasteiger partial charge < -0.3 is 4.98 Å². The minimum Gasteiger partial charge on any atom is -0.306 e. The van der Waals surface area contributed by atoms with Crippen LogP contribution >= 0.6 is 0 Å². The number of amides is 1. The summed E-state index contributed by atoms with van der Waals surface area (Å²) in [5.74, 6) is 0. The summed E-state index contributed by atoms with van der Waals surface area (Å²) >= 11 is 0. The van der Waals surface area contributed by atoms with Crippen LogP contribution in [0.5, 0.6) is 0 Å². The summed E-state index contributed by atoms with van der Waals surface area (Å²) in [7, 11) is 4.70. The lowest BCUT2D eigenvalue weighted by Gasteiger charge is -2.02. The topological polar surface area (TPSA) is 67.3 Å². The summed E-state index contributed by atoms with van der Waals surface area (Å²) in [6, 6.07) is 7.61. The number of hydrogen-bond acceptors (Lipinski definition) is 3. The van der Waals surface area contributed by atoms with Gasteiger partial charge in [0.2, 0.25) is 6.41 Å². The quantitative estimate of drug-likeness (QED) is 0.667. The first-order valence-corrected chi connectivity index (χ1v) is 5.96. The second-order valence-electron chi connectivity index (χ2n) is 3.34. The van der Waals surface area contributed by atoms with Gasteiger partial charge in [-0.2, -0.15) is 0 Å². The number of aromatic nitrogens is 2. The normalized spacial score (nSPS) is 8.89. The first-order valence-electron chi connectivity index (χ1n) is 5.96. The van der Waals surface area contributed by atoms with E-state index < -0.39 is 0 Å². The Morgan fingerprint density at radius 2 is 1.95 bits per heavy atom. The van der Waals surface area contributed by atoms with Crippen molar-refractivity contribution < 1.29 is 11.1 Å². The van der Waals surface area contributed by atoms with Crippen LogP contribution in [0.4, 0.5) is 0 Å². The van der Waals surface area contributed by atoms with Gasteiger partial charge in [0, 0.05) is 15.5 Å². The van der Waals surface area contributed by atoms with E-state index in [0.29, 0.717) is 6.41 Å². The van der Waals surface area contributed by atoms with E-state index in [0.717, 1.165) is 16.1 Å². The molecule has 0 aliphatic heterocycles. The molecule has 0 radical (unpaired) electrons. The van der Waals surface area contributed by atoms with E-state index in [9.17, 15) is 9.59 Å². The fourth-order valence-electron chi connectivity index (χ4n) is 1.22. The number of H-pyrrole nitrogens is 1. The summed E-state index contributed by atoms with van der Waals surface area (Å²) in [4.78, 5) is 27.7. The first kappa shape index (κ1) is 16.9. The van der Waals surface area contributed by atoms with E-state index in [-0.39, 0.29) is 7.12 Å². The fraction of sp³-hybridized carbons (Fsp3) is 0.385. The van der Waals surface area contributed by atoms with Gasteiger partial charge in [0.1, 0.15) is 0 Å². The lowest BCUT2D eigenvalue weighted by atomic mass is 10.3. The Morgan fingerprint density at radius 1 is 1.37 bits per heavy atom. The van der Waals surface area contributed by atoms with Gasteiger partial charge in [0.15, 0.2) is 0 Å². The Balaban J connectivity index is 0. The minimum atomic E-state index is -0.0637. The zero-order valence-corrected chi connectivity index (χ0v) is 12.0. The molecule has 1 amide bonds. The zero-order chi connectivity index (χ0) is 14.8. The molecule has 6 nitrogen and oxygen atoms in total. The number of para-hydroxylation sites is 2. The van der Waals surface area contributed by atoms with Crippen molar-refractivity contribution in [3.63, 3.8) is 0 Å². The lowest BCUT2D eigenvalue weighted by Crippen LogP contribution is -2.12. The van der Waals surface area contributed by atoms with Crippen LogP contribution in [-0.2, 0) is 16.7 Å². The van der Waals surface area contributed by atoms with Crippen LogP contribution < -0.4 is 5.69 Å². The monoisotopic (exact) mass is 269 g/mol. The molecule has 0 unspecified atom stereocenters. The second kappa shape index (κ2) is 8.93. The van der Waals surface area contributed by atoms with Gasteiger partial charge in [-0.25, -0.2) is 9.86 Å². The van der Waals surface area contributed by atoms with Gasteiger partial charge >= 0.3 is 5.69 Å². The molecule has 0 aliphatic carbocycles. The zero-order valence-electron chi connectivity index (χ0n) is 12.0. The molecule has 1 N–H and O–H groups in total. The van der Waals surface area contributed by atoms with Crippen LogP contribution in [0.1, 0.15) is 15.3 Å². The van der Waals surface area contributed by atoms with Crippen molar-refractivity contribution >= 4 is 17.4 Å². The highest BCUT2D eigenvalue weighted by atomic mass is 16.7. The maximum atomic E-state index is 11.0. The predicted octanol–water partition coefficient (Wildman–Crippen LogP) is 1.77. The Kier molecular flexibility index (Phi) is 7.95. The van der Waals surface area contributed by atoms with Gasteiger partial charge in [-0.05, 0) is 12.1 Å². The molecule has 1 aromatic heterocycles. The molecule has 0 saturated carbocycles. The van der Waals surface area contributed by atoms with E-state index >= 15 is 0 Å². The molecule has 108 valence electrons. The summed E-state index contributed by atoms with van der Waals surface area (Å²) < 4.78 is 1.59. The van der Waals surface area contributed by atoms with E-state index in [4.69, 9.17) is 0 Å². The average molecular weight is 269 g/mol. The van der Waals surface area contributed by atoms with Gasteiger partial charge in [0.25, 0.3) is 0 Å². The molecule has 1 heterocycles. The second-order valence-corrected chi connectivity index (χ2v) is 3.34. The first-order chi connectivity index (χ1) is 9.10. The molecule has 0 spiro atoms. The highest BCUT2D eigenvalue weighted by molar-refractivity contribution is 5.74. The van der Waals surface area contributed by atoms with Gasteiger partial charge in [-0.1, -0.05) is 26.0 Å². The Labute approximate surface area is 114 Å². The van der Waals surface area contributed by atoms with Crippen LogP contribution in [-0.4, -0.2) is 35.2 Å². The Hall–Kier alpha value is -2.08. The average Bonchev–Trinajstić information content (AvgIpc) is 2.76. The van der Waals surface area contributed by atoms with Crippen LogP contribution in [0.3, 0.4) is 0 Å². The summed E-state index contributed by atoms with van der Waals surface area (Å²) in [5.41, 5.74) is 1.77. The number of aryl methyl sites for hydroxylation is 1. The van der Waals surface area contributed by atoms with Crippen molar-refractivity contribution in [2.24, 2.45) is 7.05 Å². The van der Waals surface area contributed by atoms with Crippen molar-refractivity contribution in [1.29, 1.82) is 0 Å². The molecule has 1 aromatic carbocycles. The van der Waals surface area contributed by atoms with Gasteiger partial charge in [-0.15, -0.1) is 0 Å². The van der Waals surface area contributed by atoms with Crippen LogP contribution in [0, 0.1) is 0 Å². The number of fused-ring (bicyclic) bond motifs is 1. The maximum Gasteiger partial charge on any atom is 0.326 e. The highest BCUT2D eigenvalue weighted by Crippen LogP contribution is 2.06. The van der Waals surface area contributed by atoms with Gasteiger partial charge in [-0.3, -0.25) is 14.2 Å². The van der Waals surface area contributed by atoms with Crippen LogP contribution in [0.2, 0.25) is 0 Å². The molecule has 19 heavy (non-hydrogen) atoms. The number of nitrogens with one attached hydrogen (secondary N) is 1. The van der Waals surface area contributed by atoms with Crippen molar-refractivity contribution in [2.45, 2.75) is 13.8 Å². The number of imidazole rings is 1. The number of hydrogen-bond donors (Lipinski definition) is 1. The van der Waals surface area contributed by atoms with Crippen molar-refractivity contribution in [2.75, 3.05) is 14.2 Å². The Bertz CT molecular complexity index is 551. The lowest BCUT2D eigenvalue weighted by molar-refractivity contribution is -0.153. The highest BCUT2D eigenvalue weighted by Gasteiger charge is 1.98. The Morgan fingerprint density at radius 3 is 2.37 bits per heavy atom. The molecule has 0 aliphatic rings. The maximum absolute atomic E-state index is 11.0. The summed E-state index contributed by atoms with van der Waals surface area (Å²) in [6.07, 6.45) is 0.583. The van der Waals surface area contributed by atoms with Crippen molar-refractivity contribution in [3.05, 3.63) is 34.7 Å². The molecule has 2 rings (SSSR count). The number of carbonyl (C=O) groups excluding carboxylic acids is 1. The smallest absolute Gasteiger partial charge is 0.306 e. The van der Waals surface area contributed by atoms with E-state index in [2.05, 4.69) is 9.82 Å². The molecule has 6 heteroatoms. The number of aromatic amines is 1. The molecular formula is C13H23N3O3. The van der Waals surface area contributed by atoms with Gasteiger partial charge in [0.05, 0.1) is 18.1 Å². The molecular weight excluding hydrogens is 246 g/mol. The van der Waals surface area contributed by atoms with Crippen LogP contribution in [0.15, 0.2) is 29.1 Å². The predicted molar refractivity (Wildman–Crippen MR) is 77.8 cm³/mol. The molecule has 2 aromatic rings. The molecule has 0 bridgehead atoms. The largest absolute Gasteiger partial charge is 0.326 e. The number of benzene rings is 1. The number of rotatable bonds is 2. The van der Waals surface area contributed by atoms with E-state index in [1.165, 1.54) is 14.2 Å². The molecule has 0 atom stereocenters. The van der Waals surface area contributed by atoms with E-state index in [1.807, 2.05) is 38.1 Å². The van der Waals surface area contributed by atoms with Crippen molar-refractivity contribution in [3.8, 4) is 0 Å². The minimum absolute atomic E-state index is 0. The molecule has 0 fully saturated rings. The number of hydroxylamine groups is 2. The third-order valence-corrected chi connectivity index (χ3v) is 2.25. The van der Waals surface area contributed by atoms with Crippen LogP contribution in [0.25, 0.3) is 11.0 Å². The SMILES string of the molecule is CC.CON(C)C=O.Cn1c(=O)[nH]c2ccccc21.[HH].